The van der Waals surface area contributed by atoms with Gasteiger partial charge in [-0.1, -0.05) is 30.3 Å². The number of hydrogen-bond donors (Lipinski definition) is 2. The van der Waals surface area contributed by atoms with Crippen molar-refractivity contribution in [2.24, 2.45) is 0 Å². The minimum absolute atomic E-state index is 0.0848. The van der Waals surface area contributed by atoms with Crippen molar-refractivity contribution in [1.82, 2.24) is 19.9 Å². The Bertz CT molecular complexity index is 1050. The molecule has 27 heavy (non-hydrogen) atoms. The fourth-order valence-electron chi connectivity index (χ4n) is 3.33. The summed E-state index contributed by atoms with van der Waals surface area (Å²) in [7, 11) is 1.67. The highest BCUT2D eigenvalue weighted by atomic mass is 16.5. The number of benzene rings is 2. The van der Waals surface area contributed by atoms with Gasteiger partial charge in [-0.2, -0.15) is 0 Å². The van der Waals surface area contributed by atoms with E-state index >= 15 is 0 Å². The highest BCUT2D eigenvalue weighted by Gasteiger charge is 2.15. The number of ether oxygens (including phenoxy) is 1. The maximum atomic E-state index is 12.8. The first-order valence-electron chi connectivity index (χ1n) is 9.05. The normalized spacial score (nSPS) is 11.3. The van der Waals surface area contributed by atoms with Crippen molar-refractivity contribution in [3.8, 4) is 0 Å². The zero-order valence-corrected chi connectivity index (χ0v) is 15.2. The van der Waals surface area contributed by atoms with Crippen LogP contribution in [0.3, 0.4) is 0 Å². The van der Waals surface area contributed by atoms with Crippen LogP contribution in [0.4, 0.5) is 0 Å². The van der Waals surface area contributed by atoms with Crippen LogP contribution in [0, 0.1) is 0 Å². The minimum atomic E-state index is -0.0848. The molecule has 0 saturated carbocycles. The molecule has 0 bridgehead atoms. The van der Waals surface area contributed by atoms with Gasteiger partial charge in [-0.25, -0.2) is 4.98 Å². The summed E-state index contributed by atoms with van der Waals surface area (Å²) in [4.78, 5) is 20.6. The molecular formula is C21H22N4O2. The van der Waals surface area contributed by atoms with Crippen molar-refractivity contribution in [3.05, 3.63) is 66.1 Å². The summed E-state index contributed by atoms with van der Waals surface area (Å²) in [5.41, 5.74) is 3.65. The second kappa shape index (κ2) is 7.63. The molecule has 0 spiro atoms. The lowest BCUT2D eigenvalue weighted by Crippen LogP contribution is -2.28. The standard InChI is InChI=1S/C21H22N4O2/c1-27-13-12-25-18-9-5-2-6-15(18)14-19(25)21(26)22-11-10-20-23-16-7-3-4-8-17(16)24-20/h2-9,14H,10-13H2,1H3,(H,22,26)(H,23,24). The number of nitrogens with one attached hydrogen (secondary N) is 2. The summed E-state index contributed by atoms with van der Waals surface area (Å²) >= 11 is 0. The van der Waals surface area contributed by atoms with E-state index in [0.29, 0.717) is 31.8 Å². The molecule has 0 aliphatic heterocycles. The average molecular weight is 362 g/mol. The van der Waals surface area contributed by atoms with Gasteiger partial charge in [0.15, 0.2) is 0 Å². The summed E-state index contributed by atoms with van der Waals surface area (Å²) < 4.78 is 7.21. The first-order chi connectivity index (χ1) is 13.3. The van der Waals surface area contributed by atoms with Crippen LogP contribution >= 0.6 is 0 Å². The number of methoxy groups -OCH3 is 1. The van der Waals surface area contributed by atoms with Gasteiger partial charge in [-0.05, 0) is 24.3 Å². The molecule has 2 aromatic heterocycles. The number of H-pyrrole nitrogens is 1. The molecule has 6 heteroatoms. The number of para-hydroxylation sites is 3. The summed E-state index contributed by atoms with van der Waals surface area (Å²) in [5, 5.41) is 4.06. The van der Waals surface area contributed by atoms with E-state index < -0.39 is 0 Å². The molecule has 0 aliphatic carbocycles. The van der Waals surface area contributed by atoms with Gasteiger partial charge in [-0.3, -0.25) is 4.79 Å². The Morgan fingerprint density at radius 3 is 2.85 bits per heavy atom. The van der Waals surface area contributed by atoms with Crippen molar-refractivity contribution >= 4 is 27.8 Å². The maximum absolute atomic E-state index is 12.8. The Morgan fingerprint density at radius 2 is 2.00 bits per heavy atom. The topological polar surface area (TPSA) is 71.9 Å². The highest BCUT2D eigenvalue weighted by Crippen LogP contribution is 2.20. The average Bonchev–Trinajstić information content (AvgIpc) is 3.27. The van der Waals surface area contributed by atoms with Gasteiger partial charge in [0.05, 0.1) is 17.6 Å². The number of aromatic amines is 1. The van der Waals surface area contributed by atoms with Gasteiger partial charge >= 0.3 is 0 Å². The fraction of sp³-hybridized carbons (Fsp3) is 0.238. The Morgan fingerprint density at radius 1 is 1.19 bits per heavy atom. The zero-order chi connectivity index (χ0) is 18.6. The SMILES string of the molecule is COCCn1c(C(=O)NCCc2nc3ccccc3[nH]2)cc2ccccc21. The third-order valence-electron chi connectivity index (χ3n) is 4.65. The Hall–Kier alpha value is -3.12. The van der Waals surface area contributed by atoms with E-state index in [2.05, 4.69) is 15.3 Å². The van der Waals surface area contributed by atoms with E-state index in [9.17, 15) is 4.79 Å². The first-order valence-corrected chi connectivity index (χ1v) is 9.05. The molecular weight excluding hydrogens is 340 g/mol. The monoisotopic (exact) mass is 362 g/mol. The van der Waals surface area contributed by atoms with Crippen LogP contribution in [0.2, 0.25) is 0 Å². The highest BCUT2D eigenvalue weighted by molar-refractivity contribution is 5.98. The number of carbonyl (C=O) groups excluding carboxylic acids is 1. The molecule has 4 rings (SSSR count). The van der Waals surface area contributed by atoms with Gasteiger partial charge in [0, 0.05) is 37.5 Å². The predicted molar refractivity (Wildman–Crippen MR) is 106 cm³/mol. The molecule has 0 aliphatic rings. The van der Waals surface area contributed by atoms with Crippen molar-refractivity contribution in [2.45, 2.75) is 13.0 Å². The maximum Gasteiger partial charge on any atom is 0.267 e. The summed E-state index contributed by atoms with van der Waals surface area (Å²) in [6.45, 7) is 1.71. The Balaban J connectivity index is 1.47. The van der Waals surface area contributed by atoms with E-state index in [0.717, 1.165) is 27.8 Å². The first kappa shape index (κ1) is 17.3. The third kappa shape index (κ3) is 3.57. The molecule has 2 N–H and O–H groups in total. The number of carbonyl (C=O) groups is 1. The van der Waals surface area contributed by atoms with E-state index in [4.69, 9.17) is 4.74 Å². The van der Waals surface area contributed by atoms with E-state index in [1.165, 1.54) is 0 Å². The van der Waals surface area contributed by atoms with Crippen LogP contribution in [0.5, 0.6) is 0 Å². The molecule has 4 aromatic rings. The molecule has 6 nitrogen and oxygen atoms in total. The molecule has 0 saturated heterocycles. The number of rotatable bonds is 7. The van der Waals surface area contributed by atoms with Crippen molar-refractivity contribution in [1.29, 1.82) is 0 Å². The Labute approximate surface area is 157 Å². The van der Waals surface area contributed by atoms with Crippen molar-refractivity contribution < 1.29 is 9.53 Å². The van der Waals surface area contributed by atoms with Crippen molar-refractivity contribution in [3.63, 3.8) is 0 Å². The van der Waals surface area contributed by atoms with Gasteiger partial charge in [0.2, 0.25) is 0 Å². The smallest absolute Gasteiger partial charge is 0.267 e. The molecule has 138 valence electrons. The predicted octanol–water partition coefficient (Wildman–Crippen LogP) is 3.14. The molecule has 1 amide bonds. The number of amides is 1. The minimum Gasteiger partial charge on any atom is -0.383 e. The van der Waals surface area contributed by atoms with E-state index in [1.807, 2.05) is 59.2 Å². The summed E-state index contributed by atoms with van der Waals surface area (Å²) in [5.74, 6) is 0.787. The lowest BCUT2D eigenvalue weighted by Gasteiger charge is -2.10. The molecule has 0 atom stereocenters. The number of nitrogens with zero attached hydrogens (tertiary/aromatic N) is 2. The lowest BCUT2D eigenvalue weighted by atomic mass is 10.2. The van der Waals surface area contributed by atoms with Crippen LogP contribution in [-0.2, 0) is 17.7 Å². The van der Waals surface area contributed by atoms with E-state index in [1.54, 1.807) is 7.11 Å². The van der Waals surface area contributed by atoms with Crippen LogP contribution in [0.1, 0.15) is 16.3 Å². The number of hydrogen-bond acceptors (Lipinski definition) is 3. The van der Waals surface area contributed by atoms with Gasteiger partial charge in [-0.15, -0.1) is 0 Å². The van der Waals surface area contributed by atoms with E-state index in [-0.39, 0.29) is 5.91 Å². The van der Waals surface area contributed by atoms with Crippen molar-refractivity contribution in [2.75, 3.05) is 20.3 Å². The lowest BCUT2D eigenvalue weighted by molar-refractivity contribution is 0.0942. The van der Waals surface area contributed by atoms with Crippen LogP contribution in [0.15, 0.2) is 54.6 Å². The zero-order valence-electron chi connectivity index (χ0n) is 15.2. The summed E-state index contributed by atoms with van der Waals surface area (Å²) in [6, 6.07) is 17.8. The van der Waals surface area contributed by atoms with Gasteiger partial charge in [0.25, 0.3) is 5.91 Å². The van der Waals surface area contributed by atoms with Crippen LogP contribution in [-0.4, -0.2) is 40.7 Å². The summed E-state index contributed by atoms with van der Waals surface area (Å²) in [6.07, 6.45) is 0.652. The van der Waals surface area contributed by atoms with Gasteiger partial charge in [0.1, 0.15) is 11.5 Å². The second-order valence-electron chi connectivity index (χ2n) is 6.44. The number of aromatic nitrogens is 3. The van der Waals surface area contributed by atoms with Crippen LogP contribution < -0.4 is 5.32 Å². The second-order valence-corrected chi connectivity index (χ2v) is 6.44. The molecule has 2 aromatic carbocycles. The number of imidazole rings is 1. The molecule has 0 radical (unpaired) electrons. The van der Waals surface area contributed by atoms with Crippen LogP contribution in [0.25, 0.3) is 21.9 Å². The Kier molecular flexibility index (Phi) is 4.89. The quantitative estimate of drug-likeness (QED) is 0.530. The molecule has 2 heterocycles. The third-order valence-corrected chi connectivity index (χ3v) is 4.65. The number of fused-ring (bicyclic) bond motifs is 2. The molecule has 0 fully saturated rings. The largest absolute Gasteiger partial charge is 0.383 e. The fourth-order valence-corrected chi connectivity index (χ4v) is 3.33. The van der Waals surface area contributed by atoms with Gasteiger partial charge < -0.3 is 19.6 Å². The molecule has 0 unspecified atom stereocenters.